The third-order valence-corrected chi connectivity index (χ3v) is 7.11. The van der Waals surface area contributed by atoms with E-state index in [1.165, 1.54) is 35.6 Å². The molecule has 4 rings (SSSR count). The molecule has 3 aromatic rings. The summed E-state index contributed by atoms with van der Waals surface area (Å²) in [6, 6.07) is 12.5. The van der Waals surface area contributed by atoms with E-state index < -0.39 is 33.6 Å². The highest BCUT2D eigenvalue weighted by Gasteiger charge is 2.37. The first-order valence-corrected chi connectivity index (χ1v) is 11.6. The first-order chi connectivity index (χ1) is 15.8. The minimum absolute atomic E-state index is 0.128. The number of thiazole rings is 1. The molecular weight excluding hydrogens is 488 g/mol. The molecule has 2 aromatic carbocycles. The molecule has 0 saturated carbocycles. The van der Waals surface area contributed by atoms with E-state index in [-0.39, 0.29) is 16.3 Å². The SMILES string of the molecule is O=C(/C=C1\SC(=O)N(CC(=O)Sc2nc3ccccc3s2)C1=O)Nc1ccc([N+](=O)[O-])cc1. The van der Waals surface area contributed by atoms with Gasteiger partial charge in [-0.1, -0.05) is 12.1 Å². The highest BCUT2D eigenvalue weighted by Crippen LogP contribution is 2.33. The van der Waals surface area contributed by atoms with Gasteiger partial charge in [-0.25, -0.2) is 4.98 Å². The summed E-state index contributed by atoms with van der Waals surface area (Å²) in [7, 11) is 0. The summed E-state index contributed by atoms with van der Waals surface area (Å²) in [6.07, 6.45) is 0.956. The van der Waals surface area contributed by atoms with Gasteiger partial charge >= 0.3 is 0 Å². The number of nitro benzene ring substituents is 1. The van der Waals surface area contributed by atoms with Crippen LogP contribution in [-0.4, -0.2) is 43.5 Å². The van der Waals surface area contributed by atoms with E-state index >= 15 is 0 Å². The number of non-ortho nitro benzene ring substituents is 1. The van der Waals surface area contributed by atoms with Crippen molar-refractivity contribution in [2.45, 2.75) is 4.34 Å². The Balaban J connectivity index is 1.37. The van der Waals surface area contributed by atoms with Gasteiger partial charge in [-0.3, -0.25) is 34.2 Å². The maximum atomic E-state index is 12.5. The number of nitro groups is 1. The van der Waals surface area contributed by atoms with Crippen LogP contribution < -0.4 is 5.32 Å². The molecule has 0 spiro atoms. The van der Waals surface area contributed by atoms with Crippen molar-refractivity contribution in [2.24, 2.45) is 0 Å². The van der Waals surface area contributed by atoms with Crippen LogP contribution in [0, 0.1) is 10.1 Å². The summed E-state index contributed by atoms with van der Waals surface area (Å²) in [5.74, 6) is -1.44. The Morgan fingerprint density at radius 1 is 1.15 bits per heavy atom. The third-order valence-electron chi connectivity index (χ3n) is 4.24. The molecule has 1 saturated heterocycles. The Morgan fingerprint density at radius 2 is 1.88 bits per heavy atom. The number of aromatic nitrogens is 1. The van der Waals surface area contributed by atoms with Crippen molar-refractivity contribution in [3.05, 3.63) is 69.6 Å². The number of thioether (sulfide) groups is 2. The molecule has 33 heavy (non-hydrogen) atoms. The summed E-state index contributed by atoms with van der Waals surface area (Å²) in [5, 5.41) is 12.0. The Labute approximate surface area is 198 Å². The predicted octanol–water partition coefficient (Wildman–Crippen LogP) is 4.04. The van der Waals surface area contributed by atoms with Crippen LogP contribution in [0.3, 0.4) is 0 Å². The molecule has 1 aliphatic rings. The summed E-state index contributed by atoms with van der Waals surface area (Å²) in [4.78, 5) is 64.5. The van der Waals surface area contributed by atoms with Crippen molar-refractivity contribution >= 4 is 78.6 Å². The van der Waals surface area contributed by atoms with Crippen molar-refractivity contribution in [3.63, 3.8) is 0 Å². The van der Waals surface area contributed by atoms with Crippen molar-refractivity contribution in [1.82, 2.24) is 9.88 Å². The van der Waals surface area contributed by atoms with E-state index in [9.17, 15) is 29.3 Å². The number of hydrogen-bond acceptors (Lipinski definition) is 10. The molecule has 1 N–H and O–H groups in total. The summed E-state index contributed by atoms with van der Waals surface area (Å²) >= 11 is 2.73. The average Bonchev–Trinajstić information content (AvgIpc) is 3.29. The van der Waals surface area contributed by atoms with Gasteiger partial charge in [-0.2, -0.15) is 0 Å². The first kappa shape index (κ1) is 22.6. The number of nitrogens with zero attached hydrogens (tertiary/aromatic N) is 3. The molecule has 3 amide bonds. The van der Waals surface area contributed by atoms with E-state index in [1.807, 2.05) is 24.3 Å². The number of carbonyl (C=O) groups is 4. The number of hydrogen-bond donors (Lipinski definition) is 1. The number of benzene rings is 2. The van der Waals surface area contributed by atoms with Crippen LogP contribution in [0.5, 0.6) is 0 Å². The van der Waals surface area contributed by atoms with E-state index in [0.717, 1.165) is 33.0 Å². The molecule has 0 atom stereocenters. The van der Waals surface area contributed by atoms with Crippen LogP contribution in [0.1, 0.15) is 0 Å². The van der Waals surface area contributed by atoms with Crippen LogP contribution >= 0.6 is 34.9 Å². The molecule has 0 unspecified atom stereocenters. The van der Waals surface area contributed by atoms with Crippen LogP contribution in [0.2, 0.25) is 0 Å². The maximum Gasteiger partial charge on any atom is 0.294 e. The highest BCUT2D eigenvalue weighted by molar-refractivity contribution is 8.18. The number of fused-ring (bicyclic) bond motifs is 1. The van der Waals surface area contributed by atoms with Crippen LogP contribution in [0.4, 0.5) is 16.2 Å². The minimum atomic E-state index is -0.748. The number of nitrogens with one attached hydrogen (secondary N) is 1. The van der Waals surface area contributed by atoms with Gasteiger partial charge in [0, 0.05) is 23.9 Å². The normalized spacial score (nSPS) is 14.8. The fourth-order valence-electron chi connectivity index (χ4n) is 2.75. The molecular formula is C20H12N4O6S3. The lowest BCUT2D eigenvalue weighted by atomic mass is 10.3. The van der Waals surface area contributed by atoms with Crippen molar-refractivity contribution in [1.29, 1.82) is 0 Å². The number of para-hydroxylation sites is 1. The highest BCUT2D eigenvalue weighted by atomic mass is 32.2. The lowest BCUT2D eigenvalue weighted by Crippen LogP contribution is -2.32. The predicted molar refractivity (Wildman–Crippen MR) is 125 cm³/mol. The Bertz CT molecular complexity index is 1300. The van der Waals surface area contributed by atoms with E-state index in [4.69, 9.17) is 0 Å². The molecule has 2 heterocycles. The molecule has 0 bridgehead atoms. The van der Waals surface area contributed by atoms with Gasteiger partial charge in [0.15, 0.2) is 4.34 Å². The third kappa shape index (κ3) is 5.27. The lowest BCUT2D eigenvalue weighted by molar-refractivity contribution is -0.384. The van der Waals surface area contributed by atoms with Gasteiger partial charge in [0.05, 0.1) is 26.6 Å². The van der Waals surface area contributed by atoms with Crippen molar-refractivity contribution in [3.8, 4) is 0 Å². The molecule has 166 valence electrons. The first-order valence-electron chi connectivity index (χ1n) is 9.17. The topological polar surface area (TPSA) is 140 Å². The van der Waals surface area contributed by atoms with Crippen molar-refractivity contribution < 1.29 is 24.1 Å². The largest absolute Gasteiger partial charge is 0.322 e. The Morgan fingerprint density at radius 3 is 2.58 bits per heavy atom. The van der Waals surface area contributed by atoms with Crippen molar-refractivity contribution in [2.75, 3.05) is 11.9 Å². The molecule has 0 aliphatic carbocycles. The molecule has 1 aliphatic heterocycles. The van der Waals surface area contributed by atoms with Gasteiger partial charge in [0.1, 0.15) is 0 Å². The lowest BCUT2D eigenvalue weighted by Gasteiger charge is -2.10. The zero-order valence-electron chi connectivity index (χ0n) is 16.4. The van der Waals surface area contributed by atoms with Gasteiger partial charge in [-0.15, -0.1) is 11.3 Å². The Kier molecular flexibility index (Phi) is 6.53. The molecule has 13 heteroatoms. The standard InChI is InChI=1S/C20H12N4O6S3/c25-16(21-11-5-7-12(8-6-11)24(29)30)9-15-18(27)23(20(28)32-15)10-17(26)33-19-22-13-3-1-2-4-14(13)31-19/h1-9H,10H2,(H,21,25)/b15-9-. The number of anilines is 1. The molecule has 10 nitrogen and oxygen atoms in total. The van der Waals surface area contributed by atoms with Gasteiger partial charge in [-0.05, 0) is 47.8 Å². The zero-order valence-corrected chi connectivity index (χ0v) is 18.9. The second-order valence-corrected chi connectivity index (χ2v) is 9.81. The molecule has 1 fully saturated rings. The van der Waals surface area contributed by atoms with Crippen LogP contribution in [-0.2, 0) is 14.4 Å². The minimum Gasteiger partial charge on any atom is -0.322 e. The number of carbonyl (C=O) groups excluding carboxylic acids is 4. The zero-order chi connectivity index (χ0) is 23.5. The smallest absolute Gasteiger partial charge is 0.294 e. The fourth-order valence-corrected chi connectivity index (χ4v) is 5.51. The van der Waals surface area contributed by atoms with Gasteiger partial charge in [0.25, 0.3) is 16.8 Å². The van der Waals surface area contributed by atoms with E-state index in [1.54, 1.807) is 0 Å². The van der Waals surface area contributed by atoms with Crippen LogP contribution in [0.15, 0.2) is 63.9 Å². The number of imide groups is 1. The molecule has 1 aromatic heterocycles. The maximum absolute atomic E-state index is 12.5. The Hall–Kier alpha value is -3.55. The van der Waals surface area contributed by atoms with E-state index in [2.05, 4.69) is 10.3 Å². The second-order valence-electron chi connectivity index (χ2n) is 6.48. The monoisotopic (exact) mass is 500 g/mol. The van der Waals surface area contributed by atoms with Crippen LogP contribution in [0.25, 0.3) is 10.2 Å². The van der Waals surface area contributed by atoms with Gasteiger partial charge < -0.3 is 5.32 Å². The molecule has 0 radical (unpaired) electrons. The number of rotatable bonds is 6. The summed E-state index contributed by atoms with van der Waals surface area (Å²) in [5.41, 5.74) is 0.900. The second kappa shape index (κ2) is 9.52. The van der Waals surface area contributed by atoms with E-state index in [0.29, 0.717) is 16.1 Å². The van der Waals surface area contributed by atoms with Gasteiger partial charge in [0.2, 0.25) is 11.0 Å². The average molecular weight is 501 g/mol. The number of amides is 3. The summed E-state index contributed by atoms with van der Waals surface area (Å²) in [6.45, 7) is -0.452. The summed E-state index contributed by atoms with van der Waals surface area (Å²) < 4.78 is 1.42. The fraction of sp³-hybridized carbons (Fsp3) is 0.0500. The quantitative estimate of drug-likeness (QED) is 0.230.